The van der Waals surface area contributed by atoms with Gasteiger partial charge in [0, 0.05) is 5.75 Å². The molecule has 1 unspecified atom stereocenters. The van der Waals surface area contributed by atoms with E-state index in [2.05, 4.69) is 39.4 Å². The number of carbonyl (C=O) groups excluding carboxylic acids is 2. The zero-order valence-corrected chi connectivity index (χ0v) is 26.6. The first-order valence-corrected chi connectivity index (χ1v) is 16.4. The van der Waals surface area contributed by atoms with E-state index in [9.17, 15) is 14.7 Å². The maximum atomic E-state index is 13.9. The average Bonchev–Trinajstić information content (AvgIpc) is 3.71. The summed E-state index contributed by atoms with van der Waals surface area (Å²) >= 11 is 4.00. The maximum Gasteiger partial charge on any atom is 0.296 e. The average molecular weight is 641 g/mol. The third-order valence-corrected chi connectivity index (χ3v) is 10.3. The molecule has 0 saturated carbocycles. The summed E-state index contributed by atoms with van der Waals surface area (Å²) in [6.07, 6.45) is 0. The highest BCUT2D eigenvalue weighted by Crippen LogP contribution is 2.44. The number of nitrogens with zero attached hydrogens (tertiary/aromatic N) is 4. The third kappa shape index (κ3) is 6.17. The number of carbonyl (C=O) groups is 2. The summed E-state index contributed by atoms with van der Waals surface area (Å²) in [5.74, 6) is -0.413. The fourth-order valence-electron chi connectivity index (χ4n) is 4.89. The number of aliphatic hydroxyl groups is 1. The summed E-state index contributed by atoms with van der Waals surface area (Å²) in [5, 5.41) is 20.8. The number of aryl methyl sites for hydroxylation is 3. The molecule has 1 amide bonds. The first kappa shape index (κ1) is 29.7. The van der Waals surface area contributed by atoms with Crippen molar-refractivity contribution in [3.8, 4) is 5.75 Å². The van der Waals surface area contributed by atoms with Crippen molar-refractivity contribution >= 4 is 51.3 Å². The molecule has 5 aromatic rings. The molecule has 8 nitrogen and oxygen atoms in total. The molecule has 1 atom stereocenters. The monoisotopic (exact) mass is 640 g/mol. The topological polar surface area (TPSA) is 106 Å². The predicted octanol–water partition coefficient (Wildman–Crippen LogP) is 7.57. The summed E-state index contributed by atoms with van der Waals surface area (Å²) in [7, 11) is 0. The van der Waals surface area contributed by atoms with Gasteiger partial charge in [-0.1, -0.05) is 95.4 Å². The van der Waals surface area contributed by atoms with Crippen molar-refractivity contribution < 1.29 is 19.4 Å². The number of thioether (sulfide) groups is 1. The minimum Gasteiger partial charge on any atom is -0.503 e. The van der Waals surface area contributed by atoms with Gasteiger partial charge in [-0.2, -0.15) is 0 Å². The van der Waals surface area contributed by atoms with Gasteiger partial charge in [-0.15, -0.1) is 21.5 Å². The maximum absolute atomic E-state index is 13.9. The lowest BCUT2D eigenvalue weighted by molar-refractivity contribution is -0.117. The number of hydrogen-bond donors (Lipinski definition) is 1. The van der Waals surface area contributed by atoms with Crippen LogP contribution in [0.4, 0.5) is 5.13 Å². The second kappa shape index (κ2) is 12.7. The first-order valence-electron chi connectivity index (χ1n) is 13.8. The quantitative estimate of drug-likeness (QED) is 0.0947. The standard InChI is InChI=1S/C33H28N4O4S3/c1-19-9-11-23(12-10-19)18-42-33-36-35-32(44-33)37-27(24-13-15-25(16-14-24)41-17-22-7-5-4-6-8-22)26(29(39)31(37)40)28(38)30-20(2)34-21(3)43-30/h4-16,27,39H,17-18H2,1-3H3. The SMILES string of the molecule is Cc1ccc(CSc2nnc(N3C(=O)C(O)=C(C(=O)c4sc(C)nc4C)C3c3ccc(OCc4ccccc4)cc3)s2)cc1. The van der Waals surface area contributed by atoms with Crippen LogP contribution in [0.2, 0.25) is 0 Å². The molecule has 0 bridgehead atoms. The van der Waals surface area contributed by atoms with Crippen LogP contribution in [0, 0.1) is 20.8 Å². The van der Waals surface area contributed by atoms with Gasteiger partial charge in [-0.25, -0.2) is 4.98 Å². The third-order valence-electron chi connectivity index (χ3n) is 7.09. The number of aromatic nitrogens is 3. The lowest BCUT2D eigenvalue weighted by Crippen LogP contribution is -2.31. The van der Waals surface area contributed by atoms with Crippen molar-refractivity contribution in [1.82, 2.24) is 15.2 Å². The van der Waals surface area contributed by atoms with Gasteiger partial charge in [0.25, 0.3) is 5.91 Å². The number of benzene rings is 3. The summed E-state index contributed by atoms with van der Waals surface area (Å²) in [4.78, 5) is 33.7. The molecule has 1 N–H and O–H groups in total. The van der Waals surface area contributed by atoms with Crippen LogP contribution in [0.1, 0.15) is 48.7 Å². The van der Waals surface area contributed by atoms with Crippen LogP contribution in [0.15, 0.2) is 94.5 Å². The molecule has 0 radical (unpaired) electrons. The van der Waals surface area contributed by atoms with Gasteiger partial charge in [0.15, 0.2) is 10.1 Å². The van der Waals surface area contributed by atoms with E-state index in [1.165, 1.54) is 44.9 Å². The lowest BCUT2D eigenvalue weighted by atomic mass is 9.95. The van der Waals surface area contributed by atoms with Crippen LogP contribution < -0.4 is 9.64 Å². The lowest BCUT2D eigenvalue weighted by Gasteiger charge is -2.24. The van der Waals surface area contributed by atoms with E-state index >= 15 is 0 Å². The van der Waals surface area contributed by atoms with Crippen molar-refractivity contribution in [1.29, 1.82) is 0 Å². The smallest absolute Gasteiger partial charge is 0.296 e. The van der Waals surface area contributed by atoms with E-state index in [-0.39, 0.29) is 5.57 Å². The Balaban J connectivity index is 1.31. The number of rotatable bonds is 10. The summed E-state index contributed by atoms with van der Waals surface area (Å²) in [6, 6.07) is 24.4. The van der Waals surface area contributed by atoms with Crippen LogP contribution in [0.25, 0.3) is 0 Å². The van der Waals surface area contributed by atoms with Gasteiger partial charge in [-0.05, 0) is 49.6 Å². The molecule has 3 aromatic carbocycles. The Morgan fingerprint density at radius 1 is 0.932 bits per heavy atom. The second-order valence-corrected chi connectivity index (χ2v) is 13.7. The van der Waals surface area contributed by atoms with E-state index < -0.39 is 23.5 Å². The molecular weight excluding hydrogens is 613 g/mol. The Morgan fingerprint density at radius 2 is 1.66 bits per heavy atom. The van der Waals surface area contributed by atoms with Crippen LogP contribution in [-0.2, 0) is 17.2 Å². The normalized spacial score (nSPS) is 14.8. The molecule has 6 rings (SSSR count). The molecule has 0 spiro atoms. The van der Waals surface area contributed by atoms with E-state index in [1.807, 2.05) is 44.2 Å². The molecule has 222 valence electrons. The van der Waals surface area contributed by atoms with E-state index in [0.717, 1.165) is 16.1 Å². The van der Waals surface area contributed by atoms with Crippen molar-refractivity contribution in [2.45, 2.75) is 43.5 Å². The fourth-order valence-corrected chi connectivity index (χ4v) is 7.59. The molecule has 0 fully saturated rings. The molecule has 44 heavy (non-hydrogen) atoms. The van der Waals surface area contributed by atoms with E-state index in [0.29, 0.717) is 43.7 Å². The first-order chi connectivity index (χ1) is 21.3. The predicted molar refractivity (Wildman–Crippen MR) is 174 cm³/mol. The highest BCUT2D eigenvalue weighted by Gasteiger charge is 2.46. The number of ether oxygens (including phenoxy) is 1. The molecule has 11 heteroatoms. The van der Waals surface area contributed by atoms with Crippen LogP contribution in [0.5, 0.6) is 5.75 Å². The molecule has 0 saturated heterocycles. The number of amides is 1. The minimum atomic E-state index is -0.914. The van der Waals surface area contributed by atoms with Gasteiger partial charge in [0.1, 0.15) is 12.4 Å². The largest absolute Gasteiger partial charge is 0.503 e. The van der Waals surface area contributed by atoms with Gasteiger partial charge in [-0.3, -0.25) is 14.5 Å². The van der Waals surface area contributed by atoms with Crippen molar-refractivity contribution in [3.05, 3.63) is 128 Å². The van der Waals surface area contributed by atoms with E-state index in [4.69, 9.17) is 4.74 Å². The number of hydrogen-bond acceptors (Lipinski definition) is 10. The van der Waals surface area contributed by atoms with Crippen LogP contribution >= 0.6 is 34.4 Å². The summed E-state index contributed by atoms with van der Waals surface area (Å²) < 4.78 is 6.63. The number of aliphatic hydroxyl groups excluding tert-OH is 1. The highest BCUT2D eigenvalue weighted by molar-refractivity contribution is 8.00. The van der Waals surface area contributed by atoms with Crippen molar-refractivity contribution in [2.24, 2.45) is 0 Å². The van der Waals surface area contributed by atoms with Gasteiger partial charge < -0.3 is 9.84 Å². The Bertz CT molecular complexity index is 1850. The highest BCUT2D eigenvalue weighted by atomic mass is 32.2. The Morgan fingerprint density at radius 3 is 2.34 bits per heavy atom. The molecule has 1 aliphatic rings. The fraction of sp³-hybridized carbons (Fsp3) is 0.182. The zero-order chi connectivity index (χ0) is 30.8. The summed E-state index contributed by atoms with van der Waals surface area (Å²) in [6.45, 7) is 6.01. The Hall–Kier alpha value is -4.32. The minimum absolute atomic E-state index is 0.0104. The Labute approximate surface area is 267 Å². The molecule has 2 aromatic heterocycles. The number of thiazole rings is 1. The second-order valence-electron chi connectivity index (χ2n) is 10.3. The number of ketones is 1. The summed E-state index contributed by atoms with van der Waals surface area (Å²) in [5.41, 5.74) is 4.53. The number of Topliss-reactive ketones (excluding diaryl/α,β-unsaturated/α-hetero) is 1. The van der Waals surface area contributed by atoms with Gasteiger partial charge in [0.05, 0.1) is 27.2 Å². The molecule has 3 heterocycles. The Kier molecular flexibility index (Phi) is 8.60. The van der Waals surface area contributed by atoms with Crippen LogP contribution in [-0.4, -0.2) is 32.0 Å². The van der Waals surface area contributed by atoms with Crippen molar-refractivity contribution in [3.63, 3.8) is 0 Å². The van der Waals surface area contributed by atoms with Crippen LogP contribution in [0.3, 0.4) is 0 Å². The molecule has 1 aliphatic heterocycles. The zero-order valence-electron chi connectivity index (χ0n) is 24.2. The van der Waals surface area contributed by atoms with Crippen molar-refractivity contribution in [2.75, 3.05) is 4.90 Å². The van der Waals surface area contributed by atoms with Gasteiger partial charge in [0.2, 0.25) is 10.9 Å². The van der Waals surface area contributed by atoms with E-state index in [1.54, 1.807) is 31.2 Å². The number of anilines is 1. The van der Waals surface area contributed by atoms with Gasteiger partial charge >= 0.3 is 0 Å². The molecule has 0 aliphatic carbocycles. The molecular formula is C33H28N4O4S3.